The molecule has 1 unspecified atom stereocenters. The first-order valence-corrected chi connectivity index (χ1v) is 15.8. The standard InChI is InChI=1S/C30H40N4O8S/c1-5-41-29(37)19-25(23-11-12-26-30(20(23)2)31-32-33(26)15-8-6-7-9-17-35)22-10-13-27(40-4)24(18-22)21(3)34-16-14-28(36)42-43(34,38)39/h10-14,18,21,25,35-36H,5-9,15-17,19H2,1-4H3/t21-,25?/m1/s1. The van der Waals surface area contributed by atoms with Gasteiger partial charge in [-0.3, -0.25) is 4.79 Å². The summed E-state index contributed by atoms with van der Waals surface area (Å²) in [5, 5.41) is 27.5. The van der Waals surface area contributed by atoms with Crippen LogP contribution in [0.2, 0.25) is 0 Å². The lowest BCUT2D eigenvalue weighted by Gasteiger charge is -2.30. The van der Waals surface area contributed by atoms with Crippen molar-refractivity contribution in [1.29, 1.82) is 0 Å². The smallest absolute Gasteiger partial charge is 0.388 e. The summed E-state index contributed by atoms with van der Waals surface area (Å²) in [6.45, 7) is 6.49. The summed E-state index contributed by atoms with van der Waals surface area (Å²) in [4.78, 5) is 12.8. The third-order valence-corrected chi connectivity index (χ3v) is 9.19. The van der Waals surface area contributed by atoms with Crippen molar-refractivity contribution >= 4 is 27.3 Å². The number of rotatable bonds is 14. The number of aliphatic hydroxyl groups excluding tert-OH is 2. The van der Waals surface area contributed by atoms with E-state index in [1.807, 2.05) is 35.9 Å². The molecule has 0 bridgehead atoms. The highest BCUT2D eigenvalue weighted by molar-refractivity contribution is 7.84. The fourth-order valence-corrected chi connectivity index (χ4v) is 6.64. The molecule has 0 saturated heterocycles. The van der Waals surface area contributed by atoms with Gasteiger partial charge in [0.25, 0.3) is 5.95 Å². The van der Waals surface area contributed by atoms with Crippen LogP contribution in [0, 0.1) is 6.92 Å². The first kappa shape index (κ1) is 32.2. The van der Waals surface area contributed by atoms with Gasteiger partial charge in [0.2, 0.25) is 0 Å². The highest BCUT2D eigenvalue weighted by Gasteiger charge is 2.35. The molecular weight excluding hydrogens is 576 g/mol. The van der Waals surface area contributed by atoms with Gasteiger partial charge in [-0.15, -0.1) is 5.10 Å². The van der Waals surface area contributed by atoms with Gasteiger partial charge >= 0.3 is 16.3 Å². The van der Waals surface area contributed by atoms with Crippen LogP contribution in [-0.4, -0.2) is 70.8 Å². The molecule has 0 spiro atoms. The molecule has 4 rings (SSSR count). The summed E-state index contributed by atoms with van der Waals surface area (Å²) >= 11 is 0. The third kappa shape index (κ3) is 7.28. The topological polar surface area (TPSA) is 153 Å². The number of hydrogen-bond acceptors (Lipinski definition) is 10. The number of aliphatic hydroxyl groups is 2. The molecule has 13 heteroatoms. The molecule has 0 saturated carbocycles. The molecule has 2 aromatic carbocycles. The summed E-state index contributed by atoms with van der Waals surface area (Å²) in [5.74, 6) is -0.990. The molecule has 1 aliphatic rings. The predicted molar refractivity (Wildman–Crippen MR) is 160 cm³/mol. The van der Waals surface area contributed by atoms with E-state index in [1.165, 1.54) is 13.2 Å². The van der Waals surface area contributed by atoms with E-state index in [0.29, 0.717) is 17.9 Å². The van der Waals surface area contributed by atoms with Crippen LogP contribution in [0.15, 0.2) is 42.4 Å². The fraction of sp³-hybridized carbons (Fsp3) is 0.500. The van der Waals surface area contributed by atoms with Crippen LogP contribution in [0.25, 0.3) is 11.0 Å². The van der Waals surface area contributed by atoms with Gasteiger partial charge in [0.05, 0.1) is 31.7 Å². The summed E-state index contributed by atoms with van der Waals surface area (Å²) in [6.07, 6.45) is 4.99. The number of aryl methyl sites for hydroxylation is 2. The molecule has 3 aromatic rings. The quantitative estimate of drug-likeness (QED) is 0.197. The molecule has 0 aliphatic carbocycles. The molecule has 0 fully saturated rings. The molecule has 234 valence electrons. The number of carbonyl (C=O) groups excluding carboxylic acids is 1. The maximum Gasteiger partial charge on any atom is 0.388 e. The number of hydrogen-bond donors (Lipinski definition) is 2. The molecule has 2 N–H and O–H groups in total. The van der Waals surface area contributed by atoms with E-state index in [1.54, 1.807) is 19.9 Å². The van der Waals surface area contributed by atoms with E-state index in [9.17, 15) is 18.3 Å². The number of methoxy groups -OCH3 is 1. The second-order valence-corrected chi connectivity index (χ2v) is 12.0. The molecule has 2 heterocycles. The van der Waals surface area contributed by atoms with Crippen LogP contribution >= 0.6 is 0 Å². The van der Waals surface area contributed by atoms with Crippen LogP contribution in [-0.2, 0) is 30.6 Å². The summed E-state index contributed by atoms with van der Waals surface area (Å²) in [5.41, 5.74) is 4.74. The number of nitrogens with zero attached hydrogens (tertiary/aromatic N) is 4. The van der Waals surface area contributed by atoms with E-state index in [-0.39, 0.29) is 32.1 Å². The fourth-order valence-electron chi connectivity index (χ4n) is 5.50. The second kappa shape index (κ2) is 14.2. The van der Waals surface area contributed by atoms with Crippen molar-refractivity contribution in [3.05, 3.63) is 64.6 Å². The number of aromatic nitrogens is 3. The van der Waals surface area contributed by atoms with Gasteiger partial charge in [0, 0.05) is 37.3 Å². The Morgan fingerprint density at radius 2 is 1.91 bits per heavy atom. The minimum Gasteiger partial charge on any atom is -0.496 e. The van der Waals surface area contributed by atoms with E-state index in [0.717, 1.165) is 57.7 Å². The van der Waals surface area contributed by atoms with Gasteiger partial charge in [-0.25, -0.2) is 4.68 Å². The Balaban J connectivity index is 1.73. The van der Waals surface area contributed by atoms with E-state index < -0.39 is 28.2 Å². The van der Waals surface area contributed by atoms with Crippen LogP contribution < -0.4 is 4.74 Å². The Bertz CT molecular complexity index is 1570. The number of fused-ring (bicyclic) bond motifs is 1. The zero-order valence-electron chi connectivity index (χ0n) is 25.0. The lowest BCUT2D eigenvalue weighted by molar-refractivity contribution is -0.143. The Labute approximate surface area is 252 Å². The zero-order chi connectivity index (χ0) is 31.1. The lowest BCUT2D eigenvalue weighted by Crippen LogP contribution is -2.38. The largest absolute Gasteiger partial charge is 0.496 e. The van der Waals surface area contributed by atoms with Gasteiger partial charge in [-0.05, 0) is 68.5 Å². The molecule has 1 aromatic heterocycles. The van der Waals surface area contributed by atoms with Gasteiger partial charge in [-0.1, -0.05) is 30.2 Å². The van der Waals surface area contributed by atoms with Gasteiger partial charge in [0.15, 0.2) is 0 Å². The first-order chi connectivity index (χ1) is 20.6. The number of ether oxygens (including phenoxy) is 2. The normalized spacial score (nSPS) is 16.3. The minimum absolute atomic E-state index is 0.0566. The highest BCUT2D eigenvalue weighted by atomic mass is 32.2. The molecule has 2 atom stereocenters. The SMILES string of the molecule is CCOC(=O)CC(c1ccc(OC)c([C@@H](C)N2CC=C(O)OS2(=O)=O)c1)c1ccc2c(nnn2CCCCCCO)c1C. The van der Waals surface area contributed by atoms with Crippen LogP contribution in [0.1, 0.15) is 80.2 Å². The molecule has 0 radical (unpaired) electrons. The number of unbranched alkanes of at least 4 members (excludes halogenated alkanes) is 3. The van der Waals surface area contributed by atoms with Crippen molar-refractivity contribution in [2.24, 2.45) is 0 Å². The van der Waals surface area contributed by atoms with Crippen molar-refractivity contribution in [2.45, 2.75) is 71.4 Å². The number of esters is 1. The minimum atomic E-state index is -4.24. The Hall–Kier alpha value is -3.68. The highest BCUT2D eigenvalue weighted by Crippen LogP contribution is 2.39. The molecule has 43 heavy (non-hydrogen) atoms. The van der Waals surface area contributed by atoms with Crippen molar-refractivity contribution in [3.8, 4) is 5.75 Å². The molecule has 1 aliphatic heterocycles. The predicted octanol–water partition coefficient (Wildman–Crippen LogP) is 4.42. The summed E-state index contributed by atoms with van der Waals surface area (Å²) in [7, 11) is -2.74. The van der Waals surface area contributed by atoms with Crippen molar-refractivity contribution in [3.63, 3.8) is 0 Å². The van der Waals surface area contributed by atoms with E-state index in [4.69, 9.17) is 18.8 Å². The summed E-state index contributed by atoms with van der Waals surface area (Å²) < 4.78 is 44.1. The number of carbonyl (C=O) groups is 1. The lowest BCUT2D eigenvalue weighted by atomic mass is 9.84. The first-order valence-electron chi connectivity index (χ1n) is 14.5. The van der Waals surface area contributed by atoms with Gasteiger partial charge < -0.3 is 23.9 Å². The Kier molecular flexibility index (Phi) is 10.6. The maximum atomic E-state index is 12.8. The second-order valence-electron chi connectivity index (χ2n) is 10.5. The van der Waals surface area contributed by atoms with E-state index in [2.05, 4.69) is 10.3 Å². The number of benzene rings is 2. The van der Waals surface area contributed by atoms with Crippen molar-refractivity contribution in [2.75, 3.05) is 26.9 Å². The average molecular weight is 617 g/mol. The monoisotopic (exact) mass is 616 g/mol. The average Bonchev–Trinajstić information content (AvgIpc) is 3.39. The molecular formula is C30H40N4O8S. The van der Waals surface area contributed by atoms with E-state index >= 15 is 0 Å². The Morgan fingerprint density at radius 1 is 1.14 bits per heavy atom. The van der Waals surface area contributed by atoms with Crippen molar-refractivity contribution in [1.82, 2.24) is 19.3 Å². The Morgan fingerprint density at radius 3 is 2.60 bits per heavy atom. The van der Waals surface area contributed by atoms with Gasteiger partial charge in [0.1, 0.15) is 11.3 Å². The van der Waals surface area contributed by atoms with Crippen LogP contribution in [0.3, 0.4) is 0 Å². The van der Waals surface area contributed by atoms with Crippen molar-refractivity contribution < 1.29 is 37.1 Å². The van der Waals surface area contributed by atoms with Crippen LogP contribution in [0.5, 0.6) is 5.75 Å². The zero-order valence-corrected chi connectivity index (χ0v) is 25.8. The molecule has 0 amide bonds. The third-order valence-electron chi connectivity index (χ3n) is 7.77. The van der Waals surface area contributed by atoms with Crippen LogP contribution in [0.4, 0.5) is 0 Å². The summed E-state index contributed by atoms with van der Waals surface area (Å²) in [6, 6.07) is 8.69. The molecule has 12 nitrogen and oxygen atoms in total. The van der Waals surface area contributed by atoms with Gasteiger partial charge in [-0.2, -0.15) is 12.7 Å². The maximum absolute atomic E-state index is 12.8.